The molecule has 1 saturated heterocycles. The number of aryl methyl sites for hydroxylation is 1. The molecule has 1 aliphatic heterocycles. The van der Waals surface area contributed by atoms with Crippen LogP contribution in [-0.2, 0) is 11.2 Å². The third-order valence-electron chi connectivity index (χ3n) is 6.03. The van der Waals surface area contributed by atoms with Gasteiger partial charge in [0.05, 0.1) is 18.7 Å². The lowest BCUT2D eigenvalue weighted by Gasteiger charge is -2.23. The summed E-state index contributed by atoms with van der Waals surface area (Å²) >= 11 is 0. The topological polar surface area (TPSA) is 91.3 Å². The maximum atomic E-state index is 13.0. The summed E-state index contributed by atoms with van der Waals surface area (Å²) < 4.78 is 5.77. The zero-order valence-corrected chi connectivity index (χ0v) is 16.8. The van der Waals surface area contributed by atoms with Gasteiger partial charge in [0.2, 0.25) is 0 Å². The minimum Gasteiger partial charge on any atom is -0.448 e. The van der Waals surface area contributed by atoms with Crippen LogP contribution in [0.4, 0.5) is 4.79 Å². The number of hydrogen-bond acceptors (Lipinski definition) is 5. The van der Waals surface area contributed by atoms with E-state index in [4.69, 9.17) is 4.74 Å². The molecule has 1 aromatic heterocycles. The van der Waals surface area contributed by atoms with E-state index in [1.165, 1.54) is 22.3 Å². The number of rotatable bonds is 4. The number of fused-ring (bicyclic) bond motifs is 3. The largest absolute Gasteiger partial charge is 0.448 e. The Morgan fingerprint density at radius 2 is 1.83 bits per heavy atom. The molecule has 2 aromatic carbocycles. The first-order chi connectivity index (χ1) is 14.7. The summed E-state index contributed by atoms with van der Waals surface area (Å²) in [4.78, 5) is 18.9. The number of hydrogen-bond donors (Lipinski definition) is 2. The number of H-pyrrole nitrogens is 1. The number of nitrogens with zero attached hydrogens (tertiary/aromatic N) is 3. The van der Waals surface area contributed by atoms with Gasteiger partial charge in [-0.2, -0.15) is 5.10 Å². The fourth-order valence-electron chi connectivity index (χ4n) is 4.55. The zero-order chi connectivity index (χ0) is 20.7. The number of aromatic nitrogens is 3. The molecule has 0 spiro atoms. The van der Waals surface area contributed by atoms with Crippen molar-refractivity contribution < 1.29 is 14.6 Å². The SMILES string of the molecule is CCc1nc([C@@H]2C[C@@H](O)CN2C(=O)OCC2c3ccccc3-c3ccccc32)n[nH]1. The van der Waals surface area contributed by atoms with Crippen molar-refractivity contribution in [3.8, 4) is 11.1 Å². The first kappa shape index (κ1) is 18.8. The van der Waals surface area contributed by atoms with Crippen LogP contribution in [0.5, 0.6) is 0 Å². The number of carbonyl (C=O) groups is 1. The predicted octanol–water partition coefficient (Wildman–Crippen LogP) is 3.42. The number of nitrogens with one attached hydrogen (secondary N) is 1. The number of benzene rings is 2. The lowest BCUT2D eigenvalue weighted by molar-refractivity contribution is 0.0900. The summed E-state index contributed by atoms with van der Waals surface area (Å²) in [6, 6.07) is 16.1. The monoisotopic (exact) mass is 404 g/mol. The van der Waals surface area contributed by atoms with E-state index in [1.807, 2.05) is 31.2 Å². The molecule has 0 unspecified atom stereocenters. The van der Waals surface area contributed by atoms with Crippen molar-refractivity contribution in [2.75, 3.05) is 13.2 Å². The van der Waals surface area contributed by atoms with Crippen molar-refractivity contribution in [2.24, 2.45) is 0 Å². The standard InChI is InChI=1S/C23H24N4O3/c1-2-21-24-22(26-25-21)20-11-14(28)12-27(20)23(29)30-13-19-17-9-5-3-7-15(17)16-8-4-6-10-18(16)19/h3-10,14,19-20,28H,2,11-13H2,1H3,(H,24,25,26)/t14-,20+/m1/s1. The van der Waals surface area contributed by atoms with Gasteiger partial charge in [-0.05, 0) is 22.3 Å². The Morgan fingerprint density at radius 1 is 1.17 bits per heavy atom. The van der Waals surface area contributed by atoms with Crippen LogP contribution in [0.25, 0.3) is 11.1 Å². The highest BCUT2D eigenvalue weighted by atomic mass is 16.6. The van der Waals surface area contributed by atoms with E-state index in [-0.39, 0.29) is 25.1 Å². The second-order valence-electron chi connectivity index (χ2n) is 7.86. The van der Waals surface area contributed by atoms with E-state index >= 15 is 0 Å². The van der Waals surface area contributed by atoms with Gasteiger partial charge in [-0.15, -0.1) is 0 Å². The first-order valence-corrected chi connectivity index (χ1v) is 10.4. The average molecular weight is 404 g/mol. The summed E-state index contributed by atoms with van der Waals surface area (Å²) in [5, 5.41) is 17.3. The van der Waals surface area contributed by atoms with E-state index in [2.05, 4.69) is 39.4 Å². The maximum Gasteiger partial charge on any atom is 0.410 e. The highest BCUT2D eigenvalue weighted by Gasteiger charge is 2.39. The van der Waals surface area contributed by atoms with Crippen molar-refractivity contribution >= 4 is 6.09 Å². The van der Waals surface area contributed by atoms with Gasteiger partial charge in [0.15, 0.2) is 5.82 Å². The Bertz CT molecular complexity index is 1030. The fraction of sp³-hybridized carbons (Fsp3) is 0.348. The first-order valence-electron chi connectivity index (χ1n) is 10.4. The van der Waals surface area contributed by atoms with Gasteiger partial charge in [0.25, 0.3) is 0 Å². The van der Waals surface area contributed by atoms with Gasteiger partial charge in [0.1, 0.15) is 12.4 Å². The average Bonchev–Trinajstić information content (AvgIpc) is 3.47. The number of amides is 1. The lowest BCUT2D eigenvalue weighted by Crippen LogP contribution is -2.33. The molecule has 7 heteroatoms. The highest BCUT2D eigenvalue weighted by Crippen LogP contribution is 2.44. The fourth-order valence-corrected chi connectivity index (χ4v) is 4.55. The third-order valence-corrected chi connectivity index (χ3v) is 6.03. The Kier molecular flexibility index (Phi) is 4.75. The normalized spacial score (nSPS) is 20.3. The Hall–Kier alpha value is -3.19. The number of ether oxygens (including phenoxy) is 1. The predicted molar refractivity (Wildman–Crippen MR) is 111 cm³/mol. The molecule has 154 valence electrons. The highest BCUT2D eigenvalue weighted by molar-refractivity contribution is 5.79. The van der Waals surface area contributed by atoms with Gasteiger partial charge < -0.3 is 9.84 Å². The molecule has 0 saturated carbocycles. The molecule has 0 bridgehead atoms. The Balaban J connectivity index is 1.34. The maximum absolute atomic E-state index is 13.0. The number of aliphatic hydroxyl groups excluding tert-OH is 1. The third kappa shape index (κ3) is 3.15. The van der Waals surface area contributed by atoms with Crippen LogP contribution in [0.3, 0.4) is 0 Å². The second-order valence-corrected chi connectivity index (χ2v) is 7.86. The molecule has 2 aliphatic rings. The molecule has 1 amide bonds. The van der Waals surface area contributed by atoms with Crippen LogP contribution >= 0.6 is 0 Å². The minimum atomic E-state index is -0.612. The minimum absolute atomic E-state index is 0.00234. The molecule has 1 aliphatic carbocycles. The quantitative estimate of drug-likeness (QED) is 0.695. The van der Waals surface area contributed by atoms with Gasteiger partial charge in [-0.1, -0.05) is 55.5 Å². The molecule has 0 radical (unpaired) electrons. The van der Waals surface area contributed by atoms with Gasteiger partial charge in [-0.25, -0.2) is 9.78 Å². The van der Waals surface area contributed by atoms with Crippen molar-refractivity contribution in [3.05, 3.63) is 71.3 Å². The number of β-amino-alcohol motifs (C(OH)–C–C–N with tert-alkyl or cyclic N) is 1. The molecule has 2 atom stereocenters. The number of carbonyl (C=O) groups excluding carboxylic acids is 1. The van der Waals surface area contributed by atoms with Crippen molar-refractivity contribution in [2.45, 2.75) is 37.8 Å². The number of aromatic amines is 1. The number of aliphatic hydroxyl groups is 1. The van der Waals surface area contributed by atoms with Crippen LogP contribution in [0.1, 0.15) is 48.1 Å². The Morgan fingerprint density at radius 3 is 2.47 bits per heavy atom. The van der Waals surface area contributed by atoms with E-state index in [0.29, 0.717) is 12.2 Å². The van der Waals surface area contributed by atoms with Crippen LogP contribution in [0, 0.1) is 0 Å². The van der Waals surface area contributed by atoms with E-state index < -0.39 is 12.2 Å². The van der Waals surface area contributed by atoms with E-state index in [9.17, 15) is 9.90 Å². The van der Waals surface area contributed by atoms with Crippen LogP contribution < -0.4 is 0 Å². The molecule has 5 rings (SSSR count). The summed E-state index contributed by atoms with van der Waals surface area (Å²) in [5.74, 6) is 1.29. The Labute approximate surface area is 174 Å². The molecular weight excluding hydrogens is 380 g/mol. The summed E-state index contributed by atoms with van der Waals surface area (Å²) in [6.45, 7) is 2.45. The summed E-state index contributed by atoms with van der Waals surface area (Å²) in [7, 11) is 0. The van der Waals surface area contributed by atoms with Crippen LogP contribution in [0.2, 0.25) is 0 Å². The van der Waals surface area contributed by atoms with E-state index in [1.54, 1.807) is 4.90 Å². The number of likely N-dealkylation sites (tertiary alicyclic amines) is 1. The van der Waals surface area contributed by atoms with Gasteiger partial charge >= 0.3 is 6.09 Å². The molecular formula is C23H24N4O3. The molecule has 1 fully saturated rings. The summed E-state index contributed by atoms with van der Waals surface area (Å²) in [6.07, 6.45) is 0.0821. The van der Waals surface area contributed by atoms with Gasteiger partial charge in [0, 0.05) is 18.8 Å². The zero-order valence-electron chi connectivity index (χ0n) is 16.8. The molecule has 2 N–H and O–H groups in total. The molecule has 7 nitrogen and oxygen atoms in total. The van der Waals surface area contributed by atoms with Crippen molar-refractivity contribution in [1.82, 2.24) is 20.1 Å². The van der Waals surface area contributed by atoms with E-state index in [0.717, 1.165) is 12.2 Å². The summed E-state index contributed by atoms with van der Waals surface area (Å²) in [5.41, 5.74) is 4.73. The van der Waals surface area contributed by atoms with Crippen LogP contribution in [0.15, 0.2) is 48.5 Å². The van der Waals surface area contributed by atoms with Gasteiger partial charge in [-0.3, -0.25) is 10.00 Å². The lowest BCUT2D eigenvalue weighted by atomic mass is 9.98. The van der Waals surface area contributed by atoms with Crippen molar-refractivity contribution in [1.29, 1.82) is 0 Å². The molecule has 3 aromatic rings. The van der Waals surface area contributed by atoms with Crippen molar-refractivity contribution in [3.63, 3.8) is 0 Å². The smallest absolute Gasteiger partial charge is 0.410 e. The van der Waals surface area contributed by atoms with Crippen LogP contribution in [-0.4, -0.2) is 50.5 Å². The second kappa shape index (κ2) is 7.57. The molecule has 30 heavy (non-hydrogen) atoms. The molecule has 2 heterocycles.